The number of thiophene rings is 1. The molecular formula is C26H28N4O5S. The summed E-state index contributed by atoms with van der Waals surface area (Å²) in [4.78, 5) is 30.0. The quantitative estimate of drug-likeness (QED) is 0.377. The lowest BCUT2D eigenvalue weighted by Gasteiger charge is -2.43. The molecule has 5 rings (SSSR count). The number of carbonyl (C=O) groups excluding carboxylic acids is 1. The molecule has 0 unspecified atom stereocenters. The Morgan fingerprint density at radius 3 is 2.14 bits per heavy atom. The monoisotopic (exact) mass is 508 g/mol. The fourth-order valence-corrected chi connectivity index (χ4v) is 5.41. The Morgan fingerprint density at radius 1 is 0.944 bits per heavy atom. The topological polar surface area (TPSA) is 97.2 Å². The number of benzene rings is 2. The van der Waals surface area contributed by atoms with Gasteiger partial charge in [-0.05, 0) is 46.8 Å². The van der Waals surface area contributed by atoms with Gasteiger partial charge >= 0.3 is 0 Å². The first kappa shape index (κ1) is 24.5. The second-order valence-corrected chi connectivity index (χ2v) is 9.66. The molecule has 0 saturated carbocycles. The maximum Gasteiger partial charge on any atom is 0.292 e. The molecule has 2 fully saturated rings. The molecule has 2 aromatic carbocycles. The summed E-state index contributed by atoms with van der Waals surface area (Å²) in [5, 5.41) is 16.3. The molecule has 3 heterocycles. The minimum absolute atomic E-state index is 0.0819. The third kappa shape index (κ3) is 5.48. The highest BCUT2D eigenvalue weighted by Gasteiger charge is 2.29. The van der Waals surface area contributed by atoms with E-state index in [0.29, 0.717) is 32.0 Å². The smallest absolute Gasteiger partial charge is 0.292 e. The van der Waals surface area contributed by atoms with E-state index in [1.165, 1.54) is 17.4 Å². The summed E-state index contributed by atoms with van der Waals surface area (Å²) in [6.45, 7) is 6.16. The van der Waals surface area contributed by atoms with Crippen LogP contribution in [-0.4, -0.2) is 73.2 Å². The summed E-state index contributed by atoms with van der Waals surface area (Å²) in [5.74, 6) is -0.387. The Hall–Kier alpha value is -3.15. The van der Waals surface area contributed by atoms with Crippen molar-refractivity contribution >= 4 is 28.6 Å². The van der Waals surface area contributed by atoms with Crippen molar-refractivity contribution in [3.8, 4) is 10.4 Å². The van der Waals surface area contributed by atoms with Crippen molar-refractivity contribution in [1.29, 1.82) is 0 Å². The van der Waals surface area contributed by atoms with Gasteiger partial charge in [0, 0.05) is 42.7 Å². The second kappa shape index (κ2) is 11.3. The third-order valence-electron chi connectivity index (χ3n) is 6.50. The maximum atomic E-state index is 13.1. The largest absolute Gasteiger partial charge is 0.379 e. The van der Waals surface area contributed by atoms with Crippen molar-refractivity contribution < 1.29 is 19.2 Å². The Labute approximate surface area is 213 Å². The lowest BCUT2D eigenvalue weighted by atomic mass is 10.1. The summed E-state index contributed by atoms with van der Waals surface area (Å²) in [7, 11) is 0. The molecule has 1 aromatic heterocycles. The molecule has 9 nitrogen and oxygen atoms in total. The van der Waals surface area contributed by atoms with Crippen LogP contribution < -0.4 is 5.32 Å². The highest BCUT2D eigenvalue weighted by molar-refractivity contribution is 7.13. The van der Waals surface area contributed by atoms with Gasteiger partial charge in [-0.2, -0.15) is 0 Å². The molecule has 188 valence electrons. The number of anilines is 1. The van der Waals surface area contributed by atoms with Gasteiger partial charge in [-0.15, -0.1) is 11.3 Å². The van der Waals surface area contributed by atoms with Crippen LogP contribution in [0.3, 0.4) is 0 Å². The summed E-state index contributed by atoms with van der Waals surface area (Å²) in [5.41, 5.74) is 2.40. The minimum Gasteiger partial charge on any atom is -0.379 e. The van der Waals surface area contributed by atoms with E-state index >= 15 is 0 Å². The molecule has 10 heteroatoms. The molecular weight excluding hydrogens is 480 g/mol. The van der Waals surface area contributed by atoms with E-state index in [1.54, 1.807) is 24.3 Å². The molecule has 36 heavy (non-hydrogen) atoms. The molecule has 2 aliphatic heterocycles. The SMILES string of the molecule is O=C(Nc1cc(-c2cccs2)ccc1[N+](=O)[O-])c1ccc(C(N2CCOCC2)N2CCOCC2)cc1. The highest BCUT2D eigenvalue weighted by atomic mass is 32.1. The van der Waals surface area contributed by atoms with Gasteiger partial charge in [0.1, 0.15) is 5.69 Å². The van der Waals surface area contributed by atoms with Crippen molar-refractivity contribution in [2.24, 2.45) is 0 Å². The standard InChI is InChI=1S/C26H28N4O5S/c31-25(27-22-18-21(24-2-1-17-36-24)7-8-23(22)30(32)33)19-3-5-20(6-4-19)26(28-9-13-34-14-10-28)29-11-15-35-16-12-29/h1-8,17-18,26H,9-16H2,(H,27,31). The Bertz CT molecular complexity index is 1170. The van der Waals surface area contributed by atoms with Crippen molar-refractivity contribution in [2.45, 2.75) is 6.17 Å². The van der Waals surface area contributed by atoms with Crippen molar-refractivity contribution in [1.82, 2.24) is 9.80 Å². The number of carbonyl (C=O) groups is 1. The van der Waals surface area contributed by atoms with Crippen molar-refractivity contribution in [3.05, 3.63) is 81.2 Å². The van der Waals surface area contributed by atoms with Crippen molar-refractivity contribution in [3.63, 3.8) is 0 Å². The number of morpholine rings is 2. The van der Waals surface area contributed by atoms with Crippen LogP contribution >= 0.6 is 11.3 Å². The predicted octanol–water partition coefficient (Wildman–Crippen LogP) is 4.24. The number of amides is 1. The summed E-state index contributed by atoms with van der Waals surface area (Å²) in [6, 6.07) is 16.2. The fraction of sp³-hybridized carbons (Fsp3) is 0.346. The van der Waals surface area contributed by atoms with Gasteiger partial charge < -0.3 is 14.8 Å². The number of hydrogen-bond donors (Lipinski definition) is 1. The molecule has 0 spiro atoms. The van der Waals surface area contributed by atoms with E-state index in [0.717, 1.165) is 42.2 Å². The van der Waals surface area contributed by atoms with Gasteiger partial charge in [-0.25, -0.2) is 0 Å². The molecule has 0 bridgehead atoms. The number of nitro benzene ring substituents is 1. The van der Waals surface area contributed by atoms with Crippen LogP contribution in [0.4, 0.5) is 11.4 Å². The zero-order valence-electron chi connectivity index (χ0n) is 19.8. The zero-order chi connectivity index (χ0) is 24.9. The first-order valence-corrected chi connectivity index (χ1v) is 12.9. The average Bonchev–Trinajstić information content (AvgIpc) is 3.46. The fourth-order valence-electron chi connectivity index (χ4n) is 4.69. The Balaban J connectivity index is 1.37. The first-order valence-electron chi connectivity index (χ1n) is 12.0. The van der Waals surface area contributed by atoms with Crippen molar-refractivity contribution in [2.75, 3.05) is 57.9 Å². The molecule has 1 amide bonds. The molecule has 0 aliphatic carbocycles. The molecule has 2 saturated heterocycles. The summed E-state index contributed by atoms with van der Waals surface area (Å²) in [6.07, 6.45) is 0.0819. The van der Waals surface area contributed by atoms with Gasteiger partial charge in [0.25, 0.3) is 11.6 Å². The lowest BCUT2D eigenvalue weighted by Crippen LogP contribution is -2.50. The number of nitro groups is 1. The molecule has 3 aromatic rings. The van der Waals surface area contributed by atoms with Crippen LogP contribution in [-0.2, 0) is 9.47 Å². The number of nitrogens with one attached hydrogen (secondary N) is 1. The molecule has 0 radical (unpaired) electrons. The first-order chi connectivity index (χ1) is 17.6. The van der Waals surface area contributed by atoms with Crippen LogP contribution in [0.25, 0.3) is 10.4 Å². The molecule has 2 aliphatic rings. The van der Waals surface area contributed by atoms with E-state index in [4.69, 9.17) is 9.47 Å². The Kier molecular flexibility index (Phi) is 7.69. The zero-order valence-corrected chi connectivity index (χ0v) is 20.6. The van der Waals surface area contributed by atoms with Crippen LogP contribution in [0, 0.1) is 10.1 Å². The lowest BCUT2D eigenvalue weighted by molar-refractivity contribution is -0.383. The van der Waals surface area contributed by atoms with Gasteiger partial charge in [0.2, 0.25) is 0 Å². The summed E-state index contributed by atoms with van der Waals surface area (Å²) < 4.78 is 11.1. The minimum atomic E-state index is -0.480. The molecule has 0 atom stereocenters. The second-order valence-electron chi connectivity index (χ2n) is 8.71. The number of hydrogen-bond acceptors (Lipinski definition) is 8. The van der Waals surface area contributed by atoms with Crippen LogP contribution in [0.5, 0.6) is 0 Å². The third-order valence-corrected chi connectivity index (χ3v) is 7.42. The summed E-state index contributed by atoms with van der Waals surface area (Å²) >= 11 is 1.54. The highest BCUT2D eigenvalue weighted by Crippen LogP contribution is 2.33. The van der Waals surface area contributed by atoms with E-state index < -0.39 is 4.92 Å². The van der Waals surface area contributed by atoms with Gasteiger partial charge in [0.05, 0.1) is 37.5 Å². The van der Waals surface area contributed by atoms with Gasteiger partial charge in [-0.1, -0.05) is 18.2 Å². The van der Waals surface area contributed by atoms with Crippen LogP contribution in [0.1, 0.15) is 22.1 Å². The van der Waals surface area contributed by atoms with Gasteiger partial charge in [0.15, 0.2) is 0 Å². The number of rotatable bonds is 7. The molecule has 1 N–H and O–H groups in total. The van der Waals surface area contributed by atoms with Gasteiger partial charge in [-0.3, -0.25) is 24.7 Å². The average molecular weight is 509 g/mol. The predicted molar refractivity (Wildman–Crippen MR) is 138 cm³/mol. The van der Waals surface area contributed by atoms with E-state index in [9.17, 15) is 14.9 Å². The van der Waals surface area contributed by atoms with E-state index in [1.807, 2.05) is 29.6 Å². The number of nitrogens with zero attached hydrogens (tertiary/aromatic N) is 3. The number of ether oxygens (including phenoxy) is 2. The van der Waals surface area contributed by atoms with E-state index in [2.05, 4.69) is 15.1 Å². The van der Waals surface area contributed by atoms with E-state index in [-0.39, 0.29) is 23.4 Å². The van der Waals surface area contributed by atoms with Crippen LogP contribution in [0.2, 0.25) is 0 Å². The Morgan fingerprint density at radius 2 is 1.58 bits per heavy atom. The van der Waals surface area contributed by atoms with Crippen LogP contribution in [0.15, 0.2) is 60.0 Å². The normalized spacial score (nSPS) is 17.2. The maximum absolute atomic E-state index is 13.1.